The summed E-state index contributed by atoms with van der Waals surface area (Å²) in [6, 6.07) is 4.22. The van der Waals surface area contributed by atoms with E-state index in [1.807, 2.05) is 0 Å². The third-order valence-electron chi connectivity index (χ3n) is 1.49. The first-order chi connectivity index (χ1) is 5.27. The lowest BCUT2D eigenvalue weighted by atomic mass is 10.1. The lowest BCUT2D eigenvalue weighted by molar-refractivity contribution is 0.463. The highest BCUT2D eigenvalue weighted by atomic mass is 19.1. The molecule has 0 aliphatic heterocycles. The highest BCUT2D eigenvalue weighted by Gasteiger charge is 2.01. The van der Waals surface area contributed by atoms with Gasteiger partial charge in [0.2, 0.25) is 0 Å². The maximum atomic E-state index is 12.6. The van der Waals surface area contributed by atoms with Gasteiger partial charge in [0.25, 0.3) is 0 Å². The first-order valence-electron chi connectivity index (χ1n) is 3.31. The molecule has 1 rings (SSSR count). The van der Waals surface area contributed by atoms with Gasteiger partial charge in [0.05, 0.1) is 0 Å². The molecule has 0 spiro atoms. The second-order valence-corrected chi connectivity index (χ2v) is 2.26. The lowest BCUT2D eigenvalue weighted by Gasteiger charge is -2.00. The number of rotatable bonds is 2. The fourth-order valence-corrected chi connectivity index (χ4v) is 0.857. The van der Waals surface area contributed by atoms with E-state index in [1.165, 1.54) is 12.1 Å². The Hall–Kier alpha value is -0.960. The van der Waals surface area contributed by atoms with Gasteiger partial charge in [-0.2, -0.15) is 0 Å². The van der Waals surface area contributed by atoms with E-state index in [0.717, 1.165) is 5.56 Å². The van der Waals surface area contributed by atoms with E-state index in [9.17, 15) is 8.78 Å². The lowest BCUT2D eigenvalue weighted by Crippen LogP contribution is -1.98. The average molecular weight is 157 g/mol. The van der Waals surface area contributed by atoms with E-state index in [-0.39, 0.29) is 5.56 Å². The molecule has 0 bridgehead atoms. The summed E-state index contributed by atoms with van der Waals surface area (Å²) < 4.78 is 24.6. The summed E-state index contributed by atoms with van der Waals surface area (Å²) in [5, 5.41) is 0. The number of halogens is 2. The normalized spacial score (nSPS) is 10.1. The number of hydrogen-bond donors (Lipinski definition) is 1. The SMILES string of the molecule is NCc1ccc(F)c(CF)c1. The summed E-state index contributed by atoms with van der Waals surface area (Å²) in [5.74, 6) is -0.510. The van der Waals surface area contributed by atoms with E-state index in [1.54, 1.807) is 6.07 Å². The number of nitrogens with two attached hydrogens (primary N) is 1. The smallest absolute Gasteiger partial charge is 0.129 e. The molecule has 0 unspecified atom stereocenters. The van der Waals surface area contributed by atoms with Gasteiger partial charge in [-0.15, -0.1) is 0 Å². The highest BCUT2D eigenvalue weighted by molar-refractivity contribution is 5.24. The molecule has 2 N–H and O–H groups in total. The summed E-state index contributed by atoms with van der Waals surface area (Å²) in [6.45, 7) is -0.465. The minimum Gasteiger partial charge on any atom is -0.326 e. The largest absolute Gasteiger partial charge is 0.326 e. The van der Waals surface area contributed by atoms with Gasteiger partial charge in [0.15, 0.2) is 0 Å². The summed E-state index contributed by atoms with van der Waals surface area (Å²) in [7, 11) is 0. The Morgan fingerprint density at radius 3 is 2.64 bits per heavy atom. The number of alkyl halides is 1. The van der Waals surface area contributed by atoms with Crippen molar-refractivity contribution in [3.8, 4) is 0 Å². The Labute approximate surface area is 63.8 Å². The van der Waals surface area contributed by atoms with Gasteiger partial charge < -0.3 is 5.73 Å². The Kier molecular flexibility index (Phi) is 2.54. The quantitative estimate of drug-likeness (QED) is 0.695. The van der Waals surface area contributed by atoms with Gasteiger partial charge in [-0.05, 0) is 17.7 Å². The molecule has 0 aliphatic rings. The molecule has 0 saturated carbocycles. The molecule has 3 heteroatoms. The summed E-state index contributed by atoms with van der Waals surface area (Å²) in [6.07, 6.45) is 0. The van der Waals surface area contributed by atoms with Crippen LogP contribution in [0.5, 0.6) is 0 Å². The minimum atomic E-state index is -0.778. The number of hydrogen-bond acceptors (Lipinski definition) is 1. The van der Waals surface area contributed by atoms with Crippen LogP contribution in [0.25, 0.3) is 0 Å². The van der Waals surface area contributed by atoms with E-state index in [0.29, 0.717) is 6.54 Å². The van der Waals surface area contributed by atoms with Crippen molar-refractivity contribution in [2.75, 3.05) is 0 Å². The number of benzene rings is 1. The fourth-order valence-electron chi connectivity index (χ4n) is 0.857. The highest BCUT2D eigenvalue weighted by Crippen LogP contribution is 2.10. The minimum absolute atomic E-state index is 0.0768. The standard InChI is InChI=1S/C8H9F2N/c9-4-7-3-6(5-11)1-2-8(7)10/h1-3H,4-5,11H2. The van der Waals surface area contributed by atoms with Crippen LogP contribution in [0.4, 0.5) is 8.78 Å². The zero-order valence-corrected chi connectivity index (χ0v) is 5.98. The molecule has 11 heavy (non-hydrogen) atoms. The zero-order valence-electron chi connectivity index (χ0n) is 5.98. The maximum Gasteiger partial charge on any atom is 0.129 e. The summed E-state index contributed by atoms with van der Waals surface area (Å²) >= 11 is 0. The van der Waals surface area contributed by atoms with Crippen molar-refractivity contribution in [3.05, 3.63) is 35.1 Å². The van der Waals surface area contributed by atoms with Gasteiger partial charge in [-0.3, -0.25) is 0 Å². The van der Waals surface area contributed by atoms with E-state index in [4.69, 9.17) is 5.73 Å². The van der Waals surface area contributed by atoms with Crippen molar-refractivity contribution in [2.24, 2.45) is 5.73 Å². The molecule has 0 saturated heterocycles. The first-order valence-corrected chi connectivity index (χ1v) is 3.31. The Morgan fingerprint density at radius 2 is 2.09 bits per heavy atom. The van der Waals surface area contributed by atoms with Gasteiger partial charge in [0.1, 0.15) is 12.5 Å². The van der Waals surface area contributed by atoms with E-state index < -0.39 is 12.5 Å². The fraction of sp³-hybridized carbons (Fsp3) is 0.250. The van der Waals surface area contributed by atoms with Crippen molar-refractivity contribution < 1.29 is 8.78 Å². The molecule has 0 heterocycles. The average Bonchev–Trinajstić information content (AvgIpc) is 2.05. The van der Waals surface area contributed by atoms with Gasteiger partial charge >= 0.3 is 0 Å². The first kappa shape index (κ1) is 8.14. The third kappa shape index (κ3) is 1.74. The van der Waals surface area contributed by atoms with Crippen LogP contribution in [0.15, 0.2) is 18.2 Å². The zero-order chi connectivity index (χ0) is 8.27. The van der Waals surface area contributed by atoms with Crippen LogP contribution in [-0.2, 0) is 13.2 Å². The molecule has 1 aromatic rings. The monoisotopic (exact) mass is 157 g/mol. The Bertz CT molecular complexity index is 248. The van der Waals surface area contributed by atoms with Crippen molar-refractivity contribution in [2.45, 2.75) is 13.2 Å². The molecule has 1 aromatic carbocycles. The van der Waals surface area contributed by atoms with E-state index in [2.05, 4.69) is 0 Å². The van der Waals surface area contributed by atoms with Crippen LogP contribution < -0.4 is 5.73 Å². The molecule has 0 radical (unpaired) electrons. The van der Waals surface area contributed by atoms with Gasteiger partial charge in [-0.1, -0.05) is 6.07 Å². The molecule has 0 aromatic heterocycles. The van der Waals surface area contributed by atoms with Crippen LogP contribution >= 0.6 is 0 Å². The Balaban J connectivity index is 3.02. The van der Waals surface area contributed by atoms with Crippen molar-refractivity contribution in [1.29, 1.82) is 0 Å². The van der Waals surface area contributed by atoms with Crippen molar-refractivity contribution in [3.63, 3.8) is 0 Å². The van der Waals surface area contributed by atoms with Crippen LogP contribution in [-0.4, -0.2) is 0 Å². The van der Waals surface area contributed by atoms with Crippen LogP contribution in [0, 0.1) is 5.82 Å². The molecule has 60 valence electrons. The summed E-state index contributed by atoms with van der Waals surface area (Å²) in [4.78, 5) is 0. The van der Waals surface area contributed by atoms with Gasteiger partial charge in [0, 0.05) is 12.1 Å². The maximum absolute atomic E-state index is 12.6. The second-order valence-electron chi connectivity index (χ2n) is 2.26. The molecule has 0 aliphatic carbocycles. The van der Waals surface area contributed by atoms with Crippen LogP contribution in [0.1, 0.15) is 11.1 Å². The Morgan fingerprint density at radius 1 is 1.36 bits per heavy atom. The predicted octanol–water partition coefficient (Wildman–Crippen LogP) is 1.75. The molecule has 1 nitrogen and oxygen atoms in total. The van der Waals surface area contributed by atoms with Crippen molar-refractivity contribution in [1.82, 2.24) is 0 Å². The van der Waals surface area contributed by atoms with E-state index >= 15 is 0 Å². The van der Waals surface area contributed by atoms with Crippen LogP contribution in [0.2, 0.25) is 0 Å². The molecule has 0 amide bonds. The summed E-state index contributed by atoms with van der Waals surface area (Å²) in [5.41, 5.74) is 6.10. The van der Waals surface area contributed by atoms with Crippen LogP contribution in [0.3, 0.4) is 0 Å². The van der Waals surface area contributed by atoms with Crippen molar-refractivity contribution >= 4 is 0 Å². The second kappa shape index (κ2) is 3.44. The predicted molar refractivity (Wildman–Crippen MR) is 39.1 cm³/mol. The topological polar surface area (TPSA) is 26.0 Å². The molecular formula is C8H9F2N. The van der Waals surface area contributed by atoms with Gasteiger partial charge in [-0.25, -0.2) is 8.78 Å². The molecular weight excluding hydrogens is 148 g/mol. The third-order valence-corrected chi connectivity index (χ3v) is 1.49. The molecule has 0 fully saturated rings. The molecule has 0 atom stereocenters.